The van der Waals surface area contributed by atoms with Gasteiger partial charge in [0.1, 0.15) is 18.2 Å². The highest BCUT2D eigenvalue weighted by Crippen LogP contribution is 2.29. The number of nitrogens with one attached hydrogen (secondary N) is 3. The van der Waals surface area contributed by atoms with Crippen LogP contribution in [-0.2, 0) is 6.42 Å². The number of aromatic amines is 1. The van der Waals surface area contributed by atoms with E-state index in [0.29, 0.717) is 29.4 Å². The Morgan fingerprint density at radius 2 is 2.03 bits per heavy atom. The van der Waals surface area contributed by atoms with E-state index in [1.807, 2.05) is 44.4 Å². The Morgan fingerprint density at radius 1 is 1.14 bits per heavy atom. The smallest absolute Gasteiger partial charge is 0.259 e. The van der Waals surface area contributed by atoms with Crippen molar-refractivity contribution in [3.8, 4) is 5.75 Å². The molecule has 0 saturated carbocycles. The van der Waals surface area contributed by atoms with Gasteiger partial charge in [-0.25, -0.2) is 4.98 Å². The second-order valence-corrected chi connectivity index (χ2v) is 8.74. The number of carbonyl (C=O) groups is 1. The van der Waals surface area contributed by atoms with Gasteiger partial charge in [0.2, 0.25) is 0 Å². The molecule has 1 amide bonds. The van der Waals surface area contributed by atoms with Gasteiger partial charge in [-0.3, -0.25) is 9.89 Å². The Morgan fingerprint density at radius 3 is 2.86 bits per heavy atom. The second-order valence-electron chi connectivity index (χ2n) is 8.74. The third-order valence-corrected chi connectivity index (χ3v) is 5.66. The minimum Gasteiger partial charge on any atom is -0.490 e. The lowest BCUT2D eigenvalue weighted by atomic mass is 10.1. The molecule has 4 aromatic rings. The molecule has 0 saturated heterocycles. The third kappa shape index (κ3) is 6.36. The minimum atomic E-state index is -0.256. The Bertz CT molecular complexity index is 1280. The predicted molar refractivity (Wildman–Crippen MR) is 141 cm³/mol. The summed E-state index contributed by atoms with van der Waals surface area (Å²) in [6.07, 6.45) is 6.58. The van der Waals surface area contributed by atoms with E-state index < -0.39 is 0 Å². The van der Waals surface area contributed by atoms with Gasteiger partial charge in [-0.05, 0) is 75.0 Å². The quantitative estimate of drug-likeness (QED) is 0.276. The molecule has 8 nitrogen and oxygen atoms in total. The summed E-state index contributed by atoms with van der Waals surface area (Å²) in [5.74, 6) is 0.873. The number of aryl methyl sites for hydroxylation is 1. The summed E-state index contributed by atoms with van der Waals surface area (Å²) in [6, 6.07) is 15.4. The van der Waals surface area contributed by atoms with Gasteiger partial charge in [-0.15, -0.1) is 0 Å². The number of aromatic nitrogens is 3. The molecule has 0 aliphatic heterocycles. The average molecular weight is 473 g/mol. The number of nitrogens with zero attached hydrogens (tertiary/aromatic N) is 3. The molecule has 0 radical (unpaired) electrons. The van der Waals surface area contributed by atoms with Crippen molar-refractivity contribution in [2.75, 3.05) is 37.9 Å². The number of likely N-dealkylation sites (N-methyl/N-ethyl adjacent to an activating group) is 1. The summed E-state index contributed by atoms with van der Waals surface area (Å²) >= 11 is 0. The van der Waals surface area contributed by atoms with Gasteiger partial charge >= 0.3 is 0 Å². The number of pyridine rings is 1. The summed E-state index contributed by atoms with van der Waals surface area (Å²) in [7, 11) is 4.00. The van der Waals surface area contributed by atoms with E-state index in [1.165, 1.54) is 5.56 Å². The van der Waals surface area contributed by atoms with Crippen molar-refractivity contribution in [1.82, 2.24) is 20.1 Å². The fraction of sp³-hybridized carbons (Fsp3) is 0.296. The van der Waals surface area contributed by atoms with Crippen LogP contribution in [0.25, 0.3) is 10.9 Å². The van der Waals surface area contributed by atoms with Crippen LogP contribution in [0, 0.1) is 0 Å². The molecule has 3 N–H and O–H groups in total. The summed E-state index contributed by atoms with van der Waals surface area (Å²) in [4.78, 5) is 19.9. The maximum Gasteiger partial charge on any atom is 0.259 e. The molecule has 2 heterocycles. The Balaban J connectivity index is 1.56. The van der Waals surface area contributed by atoms with Crippen LogP contribution in [0.5, 0.6) is 5.75 Å². The highest BCUT2D eigenvalue weighted by molar-refractivity contribution is 6.08. The molecule has 0 unspecified atom stereocenters. The van der Waals surface area contributed by atoms with Gasteiger partial charge in [0.05, 0.1) is 23.0 Å². The van der Waals surface area contributed by atoms with E-state index in [4.69, 9.17) is 4.74 Å². The predicted octanol–water partition coefficient (Wildman–Crippen LogP) is 5.24. The van der Waals surface area contributed by atoms with Crippen LogP contribution in [0.1, 0.15) is 35.7 Å². The highest BCUT2D eigenvalue weighted by Gasteiger charge is 2.16. The van der Waals surface area contributed by atoms with Crippen LogP contribution < -0.4 is 15.4 Å². The zero-order valence-electron chi connectivity index (χ0n) is 20.5. The summed E-state index contributed by atoms with van der Waals surface area (Å²) < 4.78 is 6.01. The first-order valence-corrected chi connectivity index (χ1v) is 11.9. The van der Waals surface area contributed by atoms with Crippen molar-refractivity contribution in [3.63, 3.8) is 0 Å². The zero-order chi connectivity index (χ0) is 24.6. The second kappa shape index (κ2) is 11.5. The molecular weight excluding hydrogens is 440 g/mol. The number of hydrogen-bond acceptors (Lipinski definition) is 6. The number of hydrogen-bond donors (Lipinski definition) is 3. The molecule has 0 fully saturated rings. The van der Waals surface area contributed by atoms with E-state index in [1.54, 1.807) is 24.5 Å². The molecule has 4 rings (SSSR count). The van der Waals surface area contributed by atoms with Gasteiger partial charge in [0.25, 0.3) is 5.91 Å². The number of H-pyrrole nitrogens is 1. The number of fused-ring (bicyclic) bond motifs is 1. The maximum atomic E-state index is 13.4. The molecule has 2 aromatic heterocycles. The van der Waals surface area contributed by atoms with Crippen LogP contribution in [0.2, 0.25) is 0 Å². The third-order valence-electron chi connectivity index (χ3n) is 5.66. The summed E-state index contributed by atoms with van der Waals surface area (Å²) in [6.45, 7) is 3.48. The number of carbonyl (C=O) groups excluding carboxylic acids is 1. The number of rotatable bonds is 11. The van der Waals surface area contributed by atoms with Gasteiger partial charge in [-0.2, -0.15) is 5.10 Å². The van der Waals surface area contributed by atoms with E-state index >= 15 is 0 Å². The number of unbranched alkanes of at least 4 members (excludes halogenated alkanes) is 1. The topological polar surface area (TPSA) is 95.2 Å². The molecule has 0 spiro atoms. The lowest BCUT2D eigenvalue weighted by Gasteiger charge is -2.17. The van der Waals surface area contributed by atoms with Crippen LogP contribution in [0.3, 0.4) is 0 Å². The van der Waals surface area contributed by atoms with Crippen LogP contribution >= 0.6 is 0 Å². The molecule has 182 valence electrons. The van der Waals surface area contributed by atoms with Crippen LogP contribution in [-0.4, -0.2) is 53.2 Å². The van der Waals surface area contributed by atoms with Gasteiger partial charge < -0.3 is 20.3 Å². The van der Waals surface area contributed by atoms with Crippen molar-refractivity contribution in [2.24, 2.45) is 0 Å². The first kappa shape index (κ1) is 24.2. The fourth-order valence-electron chi connectivity index (χ4n) is 3.70. The number of benzene rings is 2. The van der Waals surface area contributed by atoms with Gasteiger partial charge in [0, 0.05) is 23.8 Å². The average Bonchev–Trinajstić information content (AvgIpc) is 3.32. The summed E-state index contributed by atoms with van der Waals surface area (Å²) in [5.41, 5.74) is 3.98. The van der Waals surface area contributed by atoms with E-state index in [0.717, 1.165) is 42.4 Å². The SMILES string of the molecule is CCCCc1ccc(OCCN(C)C)c(NC(=O)c2cccnc2Nc2ccc3cn[nH]c3c2)c1. The van der Waals surface area contributed by atoms with Gasteiger partial charge in [0.15, 0.2) is 0 Å². The monoisotopic (exact) mass is 472 g/mol. The Labute approximate surface area is 205 Å². The first-order valence-electron chi connectivity index (χ1n) is 11.9. The van der Waals surface area contributed by atoms with Crippen molar-refractivity contribution in [1.29, 1.82) is 0 Å². The normalized spacial score (nSPS) is 11.1. The van der Waals surface area contributed by atoms with Crippen molar-refractivity contribution >= 4 is 34.0 Å². The van der Waals surface area contributed by atoms with Crippen molar-refractivity contribution in [3.05, 3.63) is 72.1 Å². The van der Waals surface area contributed by atoms with E-state index in [2.05, 4.69) is 43.7 Å². The molecule has 35 heavy (non-hydrogen) atoms. The molecule has 8 heteroatoms. The molecule has 2 aromatic carbocycles. The van der Waals surface area contributed by atoms with Crippen molar-refractivity contribution < 1.29 is 9.53 Å². The fourth-order valence-corrected chi connectivity index (χ4v) is 3.70. The maximum absolute atomic E-state index is 13.4. The minimum absolute atomic E-state index is 0.256. The van der Waals surface area contributed by atoms with Crippen LogP contribution in [0.4, 0.5) is 17.2 Å². The number of amides is 1. The molecule has 0 bridgehead atoms. The largest absolute Gasteiger partial charge is 0.490 e. The Hall–Kier alpha value is -3.91. The first-order chi connectivity index (χ1) is 17.0. The lowest BCUT2D eigenvalue weighted by molar-refractivity contribution is 0.102. The molecule has 0 atom stereocenters. The highest BCUT2D eigenvalue weighted by atomic mass is 16.5. The van der Waals surface area contributed by atoms with Gasteiger partial charge in [-0.1, -0.05) is 19.4 Å². The standard InChI is InChI=1S/C27H32N6O2/c1-4-5-7-19-9-12-25(35-15-14-33(2)3)24(16-19)31-27(34)22-8-6-13-28-26(22)30-21-11-10-20-18-29-32-23(20)17-21/h6,8-13,16-18H,4-5,7,14-15H2,1-3H3,(H,28,30)(H,29,32)(H,31,34). The molecular formula is C27H32N6O2. The Kier molecular flexibility index (Phi) is 7.95. The zero-order valence-corrected chi connectivity index (χ0v) is 20.5. The number of ether oxygens (including phenoxy) is 1. The summed E-state index contributed by atoms with van der Waals surface area (Å²) in [5, 5.41) is 14.4. The van der Waals surface area contributed by atoms with E-state index in [-0.39, 0.29) is 5.91 Å². The molecule has 0 aliphatic carbocycles. The van der Waals surface area contributed by atoms with Crippen LogP contribution in [0.15, 0.2) is 60.9 Å². The van der Waals surface area contributed by atoms with Crippen molar-refractivity contribution in [2.45, 2.75) is 26.2 Å². The lowest BCUT2D eigenvalue weighted by Crippen LogP contribution is -2.20. The molecule has 0 aliphatic rings. The number of anilines is 3. The van der Waals surface area contributed by atoms with E-state index in [9.17, 15) is 4.79 Å².